The molecule has 0 radical (unpaired) electrons. The quantitative estimate of drug-likeness (QED) is 0.708. The van der Waals surface area contributed by atoms with Crippen LogP contribution >= 0.6 is 0 Å². The maximum absolute atomic E-state index is 4.27. The van der Waals surface area contributed by atoms with Crippen molar-refractivity contribution in [1.82, 2.24) is 14.8 Å². The Bertz CT molecular complexity index is 281. The first-order chi connectivity index (χ1) is 7.25. The highest BCUT2D eigenvalue weighted by molar-refractivity contribution is 4.75. The first-order valence-corrected chi connectivity index (χ1v) is 6.10. The lowest BCUT2D eigenvalue weighted by Gasteiger charge is -2.27. The van der Waals surface area contributed by atoms with E-state index in [1.165, 1.54) is 32.1 Å². The van der Waals surface area contributed by atoms with E-state index in [2.05, 4.69) is 23.9 Å². The Morgan fingerprint density at radius 1 is 1.13 bits per heavy atom. The van der Waals surface area contributed by atoms with Crippen LogP contribution in [0.15, 0.2) is 12.7 Å². The van der Waals surface area contributed by atoms with Crippen LogP contribution in [-0.2, 0) is 0 Å². The minimum Gasteiger partial charge on any atom is -0.250 e. The van der Waals surface area contributed by atoms with E-state index in [9.17, 15) is 0 Å². The van der Waals surface area contributed by atoms with Gasteiger partial charge in [-0.05, 0) is 31.1 Å². The van der Waals surface area contributed by atoms with Gasteiger partial charge in [0.05, 0.1) is 6.04 Å². The van der Waals surface area contributed by atoms with Gasteiger partial charge in [-0.1, -0.05) is 26.7 Å². The molecule has 3 atom stereocenters. The van der Waals surface area contributed by atoms with Crippen molar-refractivity contribution >= 4 is 0 Å². The average molecular weight is 207 g/mol. The Hall–Kier alpha value is -0.860. The van der Waals surface area contributed by atoms with Gasteiger partial charge in [0.15, 0.2) is 0 Å². The third kappa shape index (κ3) is 2.80. The summed E-state index contributed by atoms with van der Waals surface area (Å²) in [5.74, 6) is 1.71. The maximum atomic E-state index is 4.27. The number of hydrogen-bond donors (Lipinski definition) is 0. The molecule has 1 aliphatic carbocycles. The minimum atomic E-state index is 0.579. The molecule has 0 aromatic carbocycles. The summed E-state index contributed by atoms with van der Waals surface area (Å²) in [4.78, 5) is 4.04. The molecule has 84 valence electrons. The maximum Gasteiger partial charge on any atom is 0.137 e. The number of hydrogen-bond acceptors (Lipinski definition) is 2. The van der Waals surface area contributed by atoms with Crippen LogP contribution in [-0.4, -0.2) is 14.8 Å². The van der Waals surface area contributed by atoms with Gasteiger partial charge in [0.25, 0.3) is 0 Å². The van der Waals surface area contributed by atoms with Gasteiger partial charge in [0.1, 0.15) is 12.7 Å². The van der Waals surface area contributed by atoms with Crippen LogP contribution in [0.25, 0.3) is 0 Å². The van der Waals surface area contributed by atoms with Gasteiger partial charge in [0.2, 0.25) is 0 Å². The van der Waals surface area contributed by atoms with E-state index in [0.29, 0.717) is 6.04 Å². The fourth-order valence-corrected chi connectivity index (χ4v) is 2.83. The molecule has 1 aromatic heterocycles. The molecule has 0 amide bonds. The molecular weight excluding hydrogens is 186 g/mol. The zero-order valence-electron chi connectivity index (χ0n) is 9.76. The smallest absolute Gasteiger partial charge is 0.137 e. The number of rotatable bonds is 1. The van der Waals surface area contributed by atoms with Gasteiger partial charge < -0.3 is 0 Å². The largest absolute Gasteiger partial charge is 0.250 e. The van der Waals surface area contributed by atoms with E-state index < -0.39 is 0 Å². The molecule has 1 heterocycles. The van der Waals surface area contributed by atoms with Crippen LogP contribution in [0.3, 0.4) is 0 Å². The summed E-state index contributed by atoms with van der Waals surface area (Å²) in [5, 5.41) is 4.27. The summed E-state index contributed by atoms with van der Waals surface area (Å²) >= 11 is 0. The summed E-state index contributed by atoms with van der Waals surface area (Å²) in [5.41, 5.74) is 0. The van der Waals surface area contributed by atoms with E-state index in [0.717, 1.165) is 11.8 Å². The highest BCUT2D eigenvalue weighted by Gasteiger charge is 2.20. The van der Waals surface area contributed by atoms with Crippen LogP contribution in [0, 0.1) is 11.8 Å². The van der Waals surface area contributed by atoms with Gasteiger partial charge in [0, 0.05) is 0 Å². The molecule has 1 saturated carbocycles. The van der Waals surface area contributed by atoms with Crippen LogP contribution in [0.5, 0.6) is 0 Å². The van der Waals surface area contributed by atoms with Gasteiger partial charge in [-0.15, -0.1) is 0 Å². The van der Waals surface area contributed by atoms with Crippen molar-refractivity contribution in [2.75, 3.05) is 0 Å². The third-order valence-corrected chi connectivity index (χ3v) is 3.52. The molecule has 0 bridgehead atoms. The van der Waals surface area contributed by atoms with Crippen LogP contribution < -0.4 is 0 Å². The molecular formula is C12H21N3. The molecule has 15 heavy (non-hydrogen) atoms. The summed E-state index contributed by atoms with van der Waals surface area (Å²) in [6.07, 6.45) is 10.1. The molecule has 3 unspecified atom stereocenters. The SMILES string of the molecule is CC1CCCC(n2cncn2)CC(C)C1. The van der Waals surface area contributed by atoms with E-state index in [1.807, 2.05) is 11.0 Å². The summed E-state index contributed by atoms with van der Waals surface area (Å²) < 4.78 is 2.05. The summed E-state index contributed by atoms with van der Waals surface area (Å²) in [6, 6.07) is 0.579. The van der Waals surface area contributed by atoms with Crippen LogP contribution in [0.2, 0.25) is 0 Å². The monoisotopic (exact) mass is 207 g/mol. The van der Waals surface area contributed by atoms with Crippen molar-refractivity contribution in [1.29, 1.82) is 0 Å². The highest BCUT2D eigenvalue weighted by atomic mass is 15.3. The van der Waals surface area contributed by atoms with Gasteiger partial charge in [-0.25, -0.2) is 9.67 Å². The van der Waals surface area contributed by atoms with Crippen molar-refractivity contribution in [3.05, 3.63) is 12.7 Å². The normalized spacial score (nSPS) is 33.3. The predicted molar refractivity (Wildman–Crippen MR) is 60.5 cm³/mol. The van der Waals surface area contributed by atoms with Gasteiger partial charge in [-0.2, -0.15) is 5.10 Å². The average Bonchev–Trinajstić information content (AvgIpc) is 2.65. The molecule has 0 N–H and O–H groups in total. The fourth-order valence-electron chi connectivity index (χ4n) is 2.83. The second kappa shape index (κ2) is 4.77. The first-order valence-electron chi connectivity index (χ1n) is 6.10. The molecule has 3 nitrogen and oxygen atoms in total. The zero-order chi connectivity index (χ0) is 10.7. The topological polar surface area (TPSA) is 30.7 Å². The van der Waals surface area contributed by atoms with E-state index in [1.54, 1.807) is 6.33 Å². The van der Waals surface area contributed by atoms with Crippen molar-refractivity contribution < 1.29 is 0 Å². The van der Waals surface area contributed by atoms with Crippen molar-refractivity contribution in [2.24, 2.45) is 11.8 Å². The summed E-state index contributed by atoms with van der Waals surface area (Å²) in [6.45, 7) is 4.75. The Morgan fingerprint density at radius 3 is 2.73 bits per heavy atom. The third-order valence-electron chi connectivity index (χ3n) is 3.52. The molecule has 0 saturated heterocycles. The lowest BCUT2D eigenvalue weighted by atomic mass is 9.84. The zero-order valence-corrected chi connectivity index (χ0v) is 9.76. The van der Waals surface area contributed by atoms with E-state index >= 15 is 0 Å². The second-order valence-corrected chi connectivity index (χ2v) is 5.14. The molecule has 1 aromatic rings. The molecule has 1 aliphatic rings. The van der Waals surface area contributed by atoms with Crippen molar-refractivity contribution in [3.63, 3.8) is 0 Å². The molecule has 0 spiro atoms. The van der Waals surface area contributed by atoms with Crippen LogP contribution in [0.4, 0.5) is 0 Å². The first kappa shape index (κ1) is 10.7. The van der Waals surface area contributed by atoms with Crippen molar-refractivity contribution in [3.8, 4) is 0 Å². The fraction of sp³-hybridized carbons (Fsp3) is 0.833. The van der Waals surface area contributed by atoms with Crippen LogP contribution in [0.1, 0.15) is 52.0 Å². The number of aromatic nitrogens is 3. The lowest BCUT2D eigenvalue weighted by Crippen LogP contribution is -2.18. The Balaban J connectivity index is 2.01. The second-order valence-electron chi connectivity index (χ2n) is 5.14. The number of nitrogens with zero attached hydrogens (tertiary/aromatic N) is 3. The highest BCUT2D eigenvalue weighted by Crippen LogP contribution is 2.31. The van der Waals surface area contributed by atoms with E-state index in [-0.39, 0.29) is 0 Å². The summed E-state index contributed by atoms with van der Waals surface area (Å²) in [7, 11) is 0. The van der Waals surface area contributed by atoms with Gasteiger partial charge >= 0.3 is 0 Å². The molecule has 1 fully saturated rings. The Labute approximate surface area is 91.9 Å². The molecule has 2 rings (SSSR count). The molecule has 3 heteroatoms. The van der Waals surface area contributed by atoms with Crippen molar-refractivity contribution in [2.45, 2.75) is 52.0 Å². The standard InChI is InChI=1S/C12H21N3/c1-10-4-3-5-12(7-11(2)6-10)15-9-13-8-14-15/h8-12H,3-7H2,1-2H3. The molecule has 0 aliphatic heterocycles. The Kier molecular flexibility index (Phi) is 3.39. The predicted octanol–water partition coefficient (Wildman–Crippen LogP) is 3.06. The minimum absolute atomic E-state index is 0.579. The van der Waals surface area contributed by atoms with Gasteiger partial charge in [-0.3, -0.25) is 0 Å². The lowest BCUT2D eigenvalue weighted by molar-refractivity contribution is 0.256. The van der Waals surface area contributed by atoms with E-state index in [4.69, 9.17) is 0 Å². The Morgan fingerprint density at radius 2 is 2.00 bits per heavy atom.